The zero-order chi connectivity index (χ0) is 12.4. The number of amidine groups is 1. The number of halogens is 2. The maximum Gasteiger partial charge on any atom is 0.147 e. The van der Waals surface area contributed by atoms with Crippen molar-refractivity contribution in [3.8, 4) is 0 Å². The number of anilines is 1. The molecule has 2 rings (SSSR count). The maximum absolute atomic E-state index is 13.9. The molecule has 0 aliphatic carbocycles. The molecular formula is C13H16BrFN2. The van der Waals surface area contributed by atoms with Crippen molar-refractivity contribution < 1.29 is 4.39 Å². The highest BCUT2D eigenvalue weighted by Gasteiger charge is 2.25. The minimum Gasteiger partial charge on any atom is -0.326 e. The predicted molar refractivity (Wildman–Crippen MR) is 73.3 cm³/mol. The van der Waals surface area contributed by atoms with E-state index in [0.29, 0.717) is 11.7 Å². The first-order valence-corrected chi connectivity index (χ1v) is 6.74. The summed E-state index contributed by atoms with van der Waals surface area (Å²) in [5.74, 6) is 0.787. The monoisotopic (exact) mass is 298 g/mol. The van der Waals surface area contributed by atoms with E-state index in [0.717, 1.165) is 29.7 Å². The van der Waals surface area contributed by atoms with Gasteiger partial charge in [0.1, 0.15) is 11.7 Å². The Hall–Kier alpha value is -0.900. The third-order valence-corrected chi connectivity index (χ3v) is 3.52. The van der Waals surface area contributed by atoms with Crippen LogP contribution in [-0.2, 0) is 0 Å². The number of hydrogen-bond acceptors (Lipinski definition) is 2. The van der Waals surface area contributed by atoms with E-state index in [1.807, 2.05) is 17.0 Å². The molecule has 1 unspecified atom stereocenters. The van der Waals surface area contributed by atoms with Crippen LogP contribution in [0.5, 0.6) is 0 Å². The molecule has 0 saturated heterocycles. The van der Waals surface area contributed by atoms with Gasteiger partial charge in [-0.15, -0.1) is 0 Å². The summed E-state index contributed by atoms with van der Waals surface area (Å²) in [6, 6.07) is 5.48. The Bertz CT molecular complexity index is 445. The molecule has 0 spiro atoms. The Morgan fingerprint density at radius 3 is 2.82 bits per heavy atom. The van der Waals surface area contributed by atoms with E-state index in [-0.39, 0.29) is 5.82 Å². The van der Waals surface area contributed by atoms with Gasteiger partial charge in [0.15, 0.2) is 0 Å². The fourth-order valence-corrected chi connectivity index (χ4v) is 2.41. The third kappa shape index (κ3) is 2.51. The lowest BCUT2D eigenvalue weighted by Gasteiger charge is -2.21. The minimum absolute atomic E-state index is 0.197. The summed E-state index contributed by atoms with van der Waals surface area (Å²) < 4.78 is 14.7. The maximum atomic E-state index is 13.9. The largest absolute Gasteiger partial charge is 0.326 e. The van der Waals surface area contributed by atoms with Gasteiger partial charge in [-0.3, -0.25) is 4.99 Å². The topological polar surface area (TPSA) is 15.6 Å². The van der Waals surface area contributed by atoms with E-state index in [2.05, 4.69) is 34.8 Å². The quantitative estimate of drug-likeness (QED) is 0.824. The number of rotatable bonds is 3. The second kappa shape index (κ2) is 5.17. The molecule has 4 heteroatoms. The molecule has 1 aromatic rings. The highest BCUT2D eigenvalue weighted by Crippen LogP contribution is 2.27. The van der Waals surface area contributed by atoms with Gasteiger partial charge in [-0.1, -0.05) is 29.8 Å². The van der Waals surface area contributed by atoms with Crippen LogP contribution in [0.25, 0.3) is 0 Å². The number of aliphatic imine (C=N–C) groups is 1. The van der Waals surface area contributed by atoms with Crippen molar-refractivity contribution in [1.29, 1.82) is 0 Å². The molecule has 1 aliphatic rings. The summed E-state index contributed by atoms with van der Waals surface area (Å²) in [6.07, 6.45) is 1.84. The van der Waals surface area contributed by atoms with E-state index >= 15 is 0 Å². The van der Waals surface area contributed by atoms with E-state index in [1.165, 1.54) is 6.07 Å². The molecule has 0 N–H and O–H groups in total. The fourth-order valence-electron chi connectivity index (χ4n) is 2.08. The van der Waals surface area contributed by atoms with Crippen LogP contribution in [-0.4, -0.2) is 18.4 Å². The summed E-state index contributed by atoms with van der Waals surface area (Å²) in [5.41, 5.74) is 0.629. The van der Waals surface area contributed by atoms with Crippen molar-refractivity contribution in [1.82, 2.24) is 0 Å². The van der Waals surface area contributed by atoms with Crippen LogP contribution in [0, 0.1) is 5.82 Å². The minimum atomic E-state index is -0.197. The molecule has 17 heavy (non-hydrogen) atoms. The number of hydrogen-bond donors (Lipinski definition) is 0. The Balaban J connectivity index is 2.31. The molecule has 2 nitrogen and oxygen atoms in total. The molecule has 1 aromatic carbocycles. The van der Waals surface area contributed by atoms with E-state index in [1.54, 1.807) is 0 Å². The molecule has 0 radical (unpaired) electrons. The van der Waals surface area contributed by atoms with Gasteiger partial charge < -0.3 is 4.90 Å². The zero-order valence-electron chi connectivity index (χ0n) is 10.1. The van der Waals surface area contributed by atoms with Gasteiger partial charge in [0.25, 0.3) is 0 Å². The van der Waals surface area contributed by atoms with Gasteiger partial charge in [0.2, 0.25) is 0 Å². The van der Waals surface area contributed by atoms with Crippen molar-refractivity contribution in [2.24, 2.45) is 4.99 Å². The molecule has 1 atom stereocenters. The van der Waals surface area contributed by atoms with Crippen LogP contribution < -0.4 is 4.90 Å². The summed E-state index contributed by atoms with van der Waals surface area (Å²) in [4.78, 5) is 6.61. The fraction of sp³-hybridized carbons (Fsp3) is 0.462. The van der Waals surface area contributed by atoms with Crippen molar-refractivity contribution >= 4 is 27.5 Å². The average Bonchev–Trinajstić information content (AvgIpc) is 2.72. The van der Waals surface area contributed by atoms with Crippen LogP contribution in [0.1, 0.15) is 26.7 Å². The highest BCUT2D eigenvalue weighted by atomic mass is 79.9. The van der Waals surface area contributed by atoms with E-state index in [4.69, 9.17) is 0 Å². The molecule has 0 fully saturated rings. The molecule has 0 amide bonds. The number of nitrogens with zero attached hydrogens (tertiary/aromatic N) is 2. The highest BCUT2D eigenvalue weighted by molar-refractivity contribution is 9.10. The first-order chi connectivity index (χ1) is 8.15. The Kier molecular flexibility index (Phi) is 3.82. The van der Waals surface area contributed by atoms with Crippen LogP contribution >= 0.6 is 15.9 Å². The summed E-state index contributed by atoms with van der Waals surface area (Å²) in [6.45, 7) is 4.96. The SMILES string of the molecule is CCC1=NC(CC)CN1c1ccc(Br)cc1F. The van der Waals surface area contributed by atoms with Gasteiger partial charge >= 0.3 is 0 Å². The first kappa shape index (κ1) is 12.6. The summed E-state index contributed by atoms with van der Waals surface area (Å²) in [5, 5.41) is 0. The first-order valence-electron chi connectivity index (χ1n) is 5.95. The Labute approximate surface area is 110 Å². The van der Waals surface area contributed by atoms with Gasteiger partial charge in [0, 0.05) is 17.4 Å². The van der Waals surface area contributed by atoms with E-state index < -0.39 is 0 Å². The molecular weight excluding hydrogens is 283 g/mol. The van der Waals surface area contributed by atoms with Gasteiger partial charge in [0.05, 0.1) is 11.7 Å². The standard InChI is InChI=1S/C13H16BrFN2/c1-3-10-8-17(13(4-2)16-10)12-6-5-9(14)7-11(12)15/h5-7,10H,3-4,8H2,1-2H3. The van der Waals surface area contributed by atoms with Gasteiger partial charge in [-0.05, 0) is 24.6 Å². The summed E-state index contributed by atoms with van der Waals surface area (Å²) >= 11 is 3.27. The third-order valence-electron chi connectivity index (χ3n) is 3.02. The normalized spacial score (nSPS) is 19.6. The lowest BCUT2D eigenvalue weighted by Crippen LogP contribution is -2.29. The van der Waals surface area contributed by atoms with Crippen LogP contribution in [0.15, 0.2) is 27.7 Å². The van der Waals surface area contributed by atoms with Crippen molar-refractivity contribution in [2.45, 2.75) is 32.7 Å². The Morgan fingerprint density at radius 1 is 1.47 bits per heavy atom. The molecule has 0 saturated carbocycles. The van der Waals surface area contributed by atoms with Crippen molar-refractivity contribution in [3.05, 3.63) is 28.5 Å². The predicted octanol–water partition coefficient (Wildman–Crippen LogP) is 4.00. The lowest BCUT2D eigenvalue weighted by atomic mass is 10.2. The smallest absolute Gasteiger partial charge is 0.147 e. The van der Waals surface area contributed by atoms with E-state index in [9.17, 15) is 4.39 Å². The Morgan fingerprint density at radius 2 is 2.24 bits per heavy atom. The van der Waals surface area contributed by atoms with Gasteiger partial charge in [-0.2, -0.15) is 0 Å². The van der Waals surface area contributed by atoms with Crippen molar-refractivity contribution in [2.75, 3.05) is 11.4 Å². The number of benzene rings is 1. The molecule has 1 heterocycles. The molecule has 92 valence electrons. The average molecular weight is 299 g/mol. The van der Waals surface area contributed by atoms with Crippen molar-refractivity contribution in [3.63, 3.8) is 0 Å². The molecule has 0 bridgehead atoms. The van der Waals surface area contributed by atoms with Crippen LogP contribution in [0.4, 0.5) is 10.1 Å². The van der Waals surface area contributed by atoms with Crippen LogP contribution in [0.3, 0.4) is 0 Å². The van der Waals surface area contributed by atoms with Crippen LogP contribution in [0.2, 0.25) is 0 Å². The second-order valence-electron chi connectivity index (χ2n) is 4.17. The van der Waals surface area contributed by atoms with Gasteiger partial charge in [-0.25, -0.2) is 4.39 Å². The lowest BCUT2D eigenvalue weighted by molar-refractivity contribution is 0.621. The molecule has 1 aliphatic heterocycles. The molecule has 0 aromatic heterocycles. The zero-order valence-corrected chi connectivity index (χ0v) is 11.7. The second-order valence-corrected chi connectivity index (χ2v) is 5.08. The summed E-state index contributed by atoms with van der Waals surface area (Å²) in [7, 11) is 0.